The molecule has 2 rings (SSSR count). The summed E-state index contributed by atoms with van der Waals surface area (Å²) in [6.07, 6.45) is -28.0. The van der Waals surface area contributed by atoms with Gasteiger partial charge in [0, 0.05) is 16.3 Å². The predicted molar refractivity (Wildman–Crippen MR) is 103 cm³/mol. The minimum absolute atomic E-state index is 0.0134. The summed E-state index contributed by atoms with van der Waals surface area (Å²) >= 11 is 11.5. The van der Waals surface area contributed by atoms with Gasteiger partial charge in [-0.1, -0.05) is 35.3 Å². The smallest absolute Gasteiger partial charge is 0.322 e. The van der Waals surface area contributed by atoms with E-state index in [0.29, 0.717) is 6.07 Å². The van der Waals surface area contributed by atoms with E-state index in [9.17, 15) is 61.9 Å². The number of benzene rings is 2. The molecule has 0 saturated heterocycles. The number of carbonyl (C=O) groups is 1. The third-order valence-electron chi connectivity index (χ3n) is 4.25. The third kappa shape index (κ3) is 6.55. The van der Waals surface area contributed by atoms with Crippen LogP contribution in [0.1, 0.15) is 15.9 Å². The van der Waals surface area contributed by atoms with Gasteiger partial charge in [0.1, 0.15) is 0 Å². The summed E-state index contributed by atoms with van der Waals surface area (Å²) in [5.41, 5.74) is -3.05. The number of alkyl halides is 13. The lowest BCUT2D eigenvalue weighted by Gasteiger charge is -2.35. The minimum atomic E-state index is -7.54. The molecule has 0 spiro atoms. The molecule has 38 heavy (non-hydrogen) atoms. The fourth-order valence-corrected chi connectivity index (χ4v) is 2.87. The first-order valence-corrected chi connectivity index (χ1v) is 9.92. The first-order valence-electron chi connectivity index (χ1n) is 9.16. The van der Waals surface area contributed by atoms with Crippen molar-refractivity contribution in [3.63, 3.8) is 0 Å². The van der Waals surface area contributed by atoms with Crippen LogP contribution in [0.4, 0.5) is 62.8 Å². The van der Waals surface area contributed by atoms with Crippen LogP contribution >= 0.6 is 23.2 Å². The molecule has 1 N–H and O–H groups in total. The molecule has 0 bridgehead atoms. The van der Waals surface area contributed by atoms with E-state index in [1.54, 1.807) is 0 Å². The average molecular weight is 616 g/mol. The quantitative estimate of drug-likeness (QED) is 0.289. The number of nitrogens with one attached hydrogen (secondary N) is 1. The molecule has 212 valence electrons. The lowest BCUT2D eigenvalue weighted by Crippen LogP contribution is -2.61. The van der Waals surface area contributed by atoms with Crippen molar-refractivity contribution in [3.8, 4) is 0 Å². The number of halogens is 15. The average Bonchev–Trinajstić information content (AvgIpc) is 2.72. The van der Waals surface area contributed by atoms with Crippen LogP contribution < -0.4 is 5.32 Å². The highest BCUT2D eigenvalue weighted by Gasteiger charge is 2.80. The summed E-state index contributed by atoms with van der Waals surface area (Å²) in [4.78, 5) is 12.3. The van der Waals surface area contributed by atoms with Crippen LogP contribution in [0.3, 0.4) is 0 Å². The lowest BCUT2D eigenvalue weighted by atomic mass is 10.1. The summed E-state index contributed by atoms with van der Waals surface area (Å²) in [6.45, 7) is 0. The van der Waals surface area contributed by atoms with Crippen molar-refractivity contribution in [1.29, 1.82) is 0 Å². The Kier molecular flexibility index (Phi) is 8.54. The molecule has 2 aromatic rings. The van der Waals surface area contributed by atoms with Gasteiger partial charge < -0.3 is 5.32 Å². The van der Waals surface area contributed by atoms with E-state index in [4.69, 9.17) is 23.2 Å². The Morgan fingerprint density at radius 3 is 1.82 bits per heavy atom. The van der Waals surface area contributed by atoms with Gasteiger partial charge in [-0.15, -0.1) is 13.2 Å². The molecule has 19 heteroatoms. The Morgan fingerprint density at radius 2 is 1.26 bits per heavy atom. The molecule has 0 aliphatic heterocycles. The highest BCUT2D eigenvalue weighted by atomic mass is 35.5. The summed E-state index contributed by atoms with van der Waals surface area (Å²) < 4.78 is 176. The number of amides is 1. The molecule has 0 aliphatic rings. The van der Waals surface area contributed by atoms with Gasteiger partial charge in [0.2, 0.25) is 0 Å². The van der Waals surface area contributed by atoms with Gasteiger partial charge in [-0.2, -0.15) is 43.9 Å². The molecule has 0 aliphatic carbocycles. The van der Waals surface area contributed by atoms with Gasteiger partial charge >= 0.3 is 36.5 Å². The maximum absolute atomic E-state index is 14.4. The zero-order chi connectivity index (χ0) is 29.5. The molecule has 0 aromatic heterocycles. The number of ether oxygens (including phenoxy) is 2. The minimum Gasteiger partial charge on any atom is -0.322 e. The van der Waals surface area contributed by atoms with Crippen LogP contribution in [0.2, 0.25) is 10.0 Å². The summed E-state index contributed by atoms with van der Waals surface area (Å²) in [5, 5.41) is 1.69. The van der Waals surface area contributed by atoms with Gasteiger partial charge in [-0.25, -0.2) is 9.47 Å². The number of anilines is 1. The van der Waals surface area contributed by atoms with Gasteiger partial charge in [0.25, 0.3) is 5.91 Å². The Hall–Kier alpha value is -2.50. The number of rotatable bonds is 9. The second kappa shape index (κ2) is 10.2. The van der Waals surface area contributed by atoms with Gasteiger partial charge in [0.15, 0.2) is 0 Å². The molecule has 0 radical (unpaired) electrons. The van der Waals surface area contributed by atoms with Crippen LogP contribution in [0.5, 0.6) is 0 Å². The topological polar surface area (TPSA) is 47.6 Å². The van der Waals surface area contributed by atoms with Gasteiger partial charge in [-0.3, -0.25) is 4.79 Å². The number of hydrogen-bond donors (Lipinski definition) is 1. The maximum Gasteiger partial charge on any atom is 0.527 e. The van der Waals surface area contributed by atoms with Crippen LogP contribution in [0.25, 0.3) is 0 Å². The zero-order valence-electron chi connectivity index (χ0n) is 17.4. The van der Waals surface area contributed by atoms with E-state index in [2.05, 4.69) is 0 Å². The molecule has 0 fully saturated rings. The second-order valence-corrected chi connectivity index (χ2v) is 7.85. The van der Waals surface area contributed by atoms with E-state index < -0.39 is 53.7 Å². The summed E-state index contributed by atoms with van der Waals surface area (Å²) in [6, 6.07) is 4.93. The maximum atomic E-state index is 14.4. The predicted octanol–water partition coefficient (Wildman–Crippen LogP) is 8.30. The van der Waals surface area contributed by atoms with Crippen molar-refractivity contribution in [3.05, 3.63) is 63.6 Å². The van der Waals surface area contributed by atoms with E-state index in [1.807, 2.05) is 10.1 Å². The van der Waals surface area contributed by atoms with Crippen LogP contribution in [-0.2, 0) is 15.4 Å². The molecule has 0 saturated carbocycles. The Morgan fingerprint density at radius 1 is 0.711 bits per heavy atom. The van der Waals surface area contributed by atoms with Crippen LogP contribution in [-0.4, -0.2) is 36.5 Å². The van der Waals surface area contributed by atoms with Crippen molar-refractivity contribution < 1.29 is 71.3 Å². The lowest BCUT2D eigenvalue weighted by molar-refractivity contribution is -0.535. The third-order valence-corrected chi connectivity index (χ3v) is 4.82. The van der Waals surface area contributed by atoms with E-state index >= 15 is 0 Å². The van der Waals surface area contributed by atoms with Crippen molar-refractivity contribution in [2.45, 2.75) is 36.5 Å². The second-order valence-electron chi connectivity index (χ2n) is 7.01. The first kappa shape index (κ1) is 31.7. The number of hydrogen-bond acceptors (Lipinski definition) is 3. The molecular formula is C19H8Cl2F13NO3. The van der Waals surface area contributed by atoms with E-state index in [1.165, 1.54) is 10.8 Å². The number of carbonyl (C=O) groups excluding carboxylic acids is 1. The molecule has 2 aromatic carbocycles. The molecule has 0 atom stereocenters. The first-order chi connectivity index (χ1) is 16.9. The van der Waals surface area contributed by atoms with Crippen molar-refractivity contribution >= 4 is 34.8 Å². The summed E-state index contributed by atoms with van der Waals surface area (Å²) in [7, 11) is 0. The van der Waals surface area contributed by atoms with Crippen molar-refractivity contribution in [2.24, 2.45) is 0 Å². The van der Waals surface area contributed by atoms with Crippen LogP contribution in [0.15, 0.2) is 42.5 Å². The Labute approximate surface area is 212 Å². The molecule has 1 amide bonds. The van der Waals surface area contributed by atoms with Crippen molar-refractivity contribution in [1.82, 2.24) is 0 Å². The Balaban J connectivity index is 2.36. The SMILES string of the molecule is O=C(Nc1cccc(C(F)(F)C(F)(F)OC(F)(F)C(F)(F)C(F)(F)OC(F)(F)F)c1)c1cc(Cl)ccc1Cl. The normalized spacial score (nSPS) is 14.0. The fourth-order valence-electron chi connectivity index (χ4n) is 2.50. The van der Waals surface area contributed by atoms with E-state index in [-0.39, 0.29) is 27.7 Å². The van der Waals surface area contributed by atoms with Gasteiger partial charge in [-0.05, 0) is 30.3 Å². The Bertz CT molecular complexity index is 1190. The molecule has 0 heterocycles. The monoisotopic (exact) mass is 615 g/mol. The highest BCUT2D eigenvalue weighted by molar-refractivity contribution is 6.36. The summed E-state index contributed by atoms with van der Waals surface area (Å²) in [5.74, 6) is -14.7. The molecular weight excluding hydrogens is 608 g/mol. The zero-order valence-corrected chi connectivity index (χ0v) is 18.9. The largest absolute Gasteiger partial charge is 0.527 e. The van der Waals surface area contributed by atoms with E-state index in [0.717, 1.165) is 18.2 Å². The molecule has 4 nitrogen and oxygen atoms in total. The van der Waals surface area contributed by atoms with Gasteiger partial charge in [0.05, 0.1) is 10.6 Å². The van der Waals surface area contributed by atoms with Crippen molar-refractivity contribution in [2.75, 3.05) is 5.32 Å². The fraction of sp³-hybridized carbons (Fsp3) is 0.316. The standard InChI is InChI=1S/C19H8Cl2F13NO3/c20-9-4-5-12(21)11(7-9)13(36)35-10-3-1-2-8(6-10)14(22,23)16(26,27)37-17(28,29)15(24,25)18(30,31)38-19(32,33)34/h1-7H,(H,35,36). The van der Waals surface area contributed by atoms with Crippen LogP contribution in [0, 0.1) is 0 Å². The molecule has 0 unspecified atom stereocenters. The highest BCUT2D eigenvalue weighted by Crippen LogP contribution is 2.54.